The van der Waals surface area contributed by atoms with Gasteiger partial charge in [0.05, 0.1) is 10.9 Å². The number of anilines is 1. The number of phenolic OH excluding ortho intramolecular Hbond substituents is 1. The minimum Gasteiger partial charge on any atom is -0.508 e. The first kappa shape index (κ1) is 24.0. The molecule has 2 aromatic heterocycles. The number of aromatic nitrogens is 3. The standard InChI is InChI=1S/C29H33F2N5O2/c1-17-3-6-21(37)10-22(17)25-24(31)26-23(12-32-25)27(35-13-18-4-5-19(9-18)14-35)34-28(33-26)38-16-29-7-2-8-36(29)15-20(30)11-29/h3,6,10,12,18-20,37H,2,4-5,7-9,11,13-16H2,1H3/t18?,19?,20-,29+/m1/s1. The van der Waals surface area contributed by atoms with Gasteiger partial charge < -0.3 is 14.7 Å². The van der Waals surface area contributed by atoms with Crippen molar-refractivity contribution in [3.8, 4) is 23.0 Å². The molecular weight excluding hydrogens is 488 g/mol. The monoisotopic (exact) mass is 521 g/mol. The van der Waals surface area contributed by atoms with Crippen LogP contribution in [0.3, 0.4) is 0 Å². The molecule has 200 valence electrons. The molecule has 7 rings (SSSR count). The Morgan fingerprint density at radius 3 is 2.79 bits per heavy atom. The summed E-state index contributed by atoms with van der Waals surface area (Å²) in [7, 11) is 0. The van der Waals surface area contributed by atoms with Gasteiger partial charge in [0.1, 0.15) is 35.6 Å². The Labute approximate surface area is 220 Å². The molecule has 1 N–H and O–H groups in total. The summed E-state index contributed by atoms with van der Waals surface area (Å²) in [4.78, 5) is 18.3. The Kier molecular flexibility index (Phi) is 5.69. The molecule has 2 bridgehead atoms. The minimum atomic E-state index is -0.854. The molecule has 4 atom stereocenters. The average Bonchev–Trinajstić information content (AvgIpc) is 3.55. The van der Waals surface area contributed by atoms with E-state index in [9.17, 15) is 9.50 Å². The normalized spacial score (nSPS) is 28.8. The van der Waals surface area contributed by atoms with Crippen molar-refractivity contribution < 1.29 is 18.6 Å². The molecule has 3 aliphatic heterocycles. The fourth-order valence-corrected chi connectivity index (χ4v) is 7.41. The van der Waals surface area contributed by atoms with Crippen LogP contribution in [0.2, 0.25) is 0 Å². The smallest absolute Gasteiger partial charge is 0.319 e. The summed E-state index contributed by atoms with van der Waals surface area (Å²) in [5, 5.41) is 10.6. The lowest BCUT2D eigenvalue weighted by molar-refractivity contribution is 0.107. The van der Waals surface area contributed by atoms with Gasteiger partial charge in [-0.1, -0.05) is 6.07 Å². The van der Waals surface area contributed by atoms with Gasteiger partial charge in [-0.05, 0) is 75.1 Å². The highest BCUT2D eigenvalue weighted by atomic mass is 19.1. The van der Waals surface area contributed by atoms with Gasteiger partial charge in [0.25, 0.3) is 0 Å². The van der Waals surface area contributed by atoms with E-state index < -0.39 is 12.0 Å². The number of fused-ring (bicyclic) bond motifs is 4. The number of pyridine rings is 1. The zero-order valence-corrected chi connectivity index (χ0v) is 21.7. The number of aryl methyl sites for hydroxylation is 1. The SMILES string of the molecule is Cc1ccc(O)cc1-c1ncc2c(N3CC4CCC(C4)C3)nc(OC[C@@]34CCCN3C[C@H](F)C4)nc2c1F. The lowest BCUT2D eigenvalue weighted by Gasteiger charge is -2.34. The van der Waals surface area contributed by atoms with Crippen molar-refractivity contribution in [3.05, 3.63) is 35.8 Å². The second-order valence-electron chi connectivity index (χ2n) is 11.8. The predicted octanol–water partition coefficient (Wildman–Crippen LogP) is 5.04. The van der Waals surface area contributed by atoms with E-state index in [1.165, 1.54) is 25.3 Å². The first-order valence-corrected chi connectivity index (χ1v) is 13.8. The summed E-state index contributed by atoms with van der Waals surface area (Å²) in [6.07, 6.45) is 6.79. The zero-order chi connectivity index (χ0) is 26.0. The van der Waals surface area contributed by atoms with Gasteiger partial charge in [-0.25, -0.2) is 8.78 Å². The van der Waals surface area contributed by atoms with Gasteiger partial charge in [0.2, 0.25) is 0 Å². The molecule has 0 radical (unpaired) electrons. The largest absolute Gasteiger partial charge is 0.508 e. The van der Waals surface area contributed by atoms with Crippen molar-refractivity contribution in [2.45, 2.75) is 57.2 Å². The van der Waals surface area contributed by atoms with Gasteiger partial charge in [-0.15, -0.1) is 0 Å². The third kappa shape index (κ3) is 3.97. The van der Waals surface area contributed by atoms with Gasteiger partial charge in [0, 0.05) is 37.8 Å². The van der Waals surface area contributed by atoms with E-state index in [4.69, 9.17) is 9.72 Å². The van der Waals surface area contributed by atoms with Crippen LogP contribution >= 0.6 is 0 Å². The van der Waals surface area contributed by atoms with Crippen molar-refractivity contribution in [1.29, 1.82) is 0 Å². The van der Waals surface area contributed by atoms with E-state index >= 15 is 4.39 Å². The van der Waals surface area contributed by atoms with Crippen molar-refractivity contribution in [2.75, 3.05) is 37.7 Å². The first-order valence-electron chi connectivity index (χ1n) is 13.8. The summed E-state index contributed by atoms with van der Waals surface area (Å²) in [5.74, 6) is 1.37. The minimum absolute atomic E-state index is 0.0474. The van der Waals surface area contributed by atoms with E-state index in [2.05, 4.69) is 19.8 Å². The molecule has 3 saturated heterocycles. The highest BCUT2D eigenvalue weighted by Gasteiger charge is 2.49. The summed E-state index contributed by atoms with van der Waals surface area (Å²) in [5.41, 5.74) is 1.27. The highest BCUT2D eigenvalue weighted by Crippen LogP contribution is 2.42. The molecule has 3 aromatic rings. The number of alkyl halides is 1. The Balaban J connectivity index is 1.31. The van der Waals surface area contributed by atoms with E-state index in [-0.39, 0.29) is 35.1 Å². The molecule has 0 amide bonds. The topological polar surface area (TPSA) is 74.6 Å². The number of ether oxygens (including phenoxy) is 1. The van der Waals surface area contributed by atoms with Crippen LogP contribution in [0.4, 0.5) is 14.6 Å². The van der Waals surface area contributed by atoms with Crippen LogP contribution in [0.25, 0.3) is 22.2 Å². The maximum Gasteiger partial charge on any atom is 0.319 e. The zero-order valence-electron chi connectivity index (χ0n) is 21.7. The number of rotatable bonds is 5. The maximum absolute atomic E-state index is 16.2. The molecule has 1 aromatic carbocycles. The van der Waals surface area contributed by atoms with Gasteiger partial charge in [0.15, 0.2) is 5.82 Å². The molecule has 9 heteroatoms. The number of halogens is 2. The molecule has 1 saturated carbocycles. The Morgan fingerprint density at radius 2 is 1.97 bits per heavy atom. The second-order valence-corrected chi connectivity index (χ2v) is 11.8. The number of nitrogens with zero attached hydrogens (tertiary/aromatic N) is 5. The third-order valence-electron chi connectivity index (χ3n) is 9.26. The van der Waals surface area contributed by atoms with Crippen molar-refractivity contribution in [1.82, 2.24) is 19.9 Å². The van der Waals surface area contributed by atoms with Crippen LogP contribution in [-0.4, -0.2) is 69.5 Å². The van der Waals surface area contributed by atoms with Gasteiger partial charge in [-0.3, -0.25) is 9.88 Å². The van der Waals surface area contributed by atoms with Crippen LogP contribution in [0, 0.1) is 24.6 Å². The van der Waals surface area contributed by atoms with E-state index in [0.29, 0.717) is 41.6 Å². The third-order valence-corrected chi connectivity index (χ3v) is 9.26. The quantitative estimate of drug-likeness (QED) is 0.504. The number of hydrogen-bond acceptors (Lipinski definition) is 7. The van der Waals surface area contributed by atoms with Crippen LogP contribution < -0.4 is 9.64 Å². The molecule has 4 aliphatic rings. The fraction of sp³-hybridized carbons (Fsp3) is 0.552. The van der Waals surface area contributed by atoms with Crippen molar-refractivity contribution in [3.63, 3.8) is 0 Å². The summed E-state index contributed by atoms with van der Waals surface area (Å²) in [6, 6.07) is 4.96. The molecule has 4 fully saturated rings. The summed E-state index contributed by atoms with van der Waals surface area (Å²) < 4.78 is 36.7. The lowest BCUT2D eigenvalue weighted by atomic mass is 9.95. The number of phenols is 1. The molecule has 2 unspecified atom stereocenters. The van der Waals surface area contributed by atoms with E-state index in [0.717, 1.165) is 38.0 Å². The lowest BCUT2D eigenvalue weighted by Crippen LogP contribution is -2.43. The van der Waals surface area contributed by atoms with Crippen molar-refractivity contribution >= 4 is 16.7 Å². The average molecular weight is 522 g/mol. The van der Waals surface area contributed by atoms with Crippen molar-refractivity contribution in [2.24, 2.45) is 11.8 Å². The second kappa shape index (κ2) is 9.00. The van der Waals surface area contributed by atoms with Crippen LogP contribution in [-0.2, 0) is 0 Å². The molecule has 0 spiro atoms. The number of benzene rings is 1. The first-order chi connectivity index (χ1) is 18.4. The van der Waals surface area contributed by atoms with Crippen LogP contribution in [0.1, 0.15) is 44.1 Å². The molecule has 7 nitrogen and oxygen atoms in total. The molecule has 1 aliphatic carbocycles. The maximum atomic E-state index is 16.2. The highest BCUT2D eigenvalue weighted by molar-refractivity contribution is 5.92. The number of aromatic hydroxyl groups is 1. The Morgan fingerprint density at radius 1 is 1.16 bits per heavy atom. The molecule has 5 heterocycles. The van der Waals surface area contributed by atoms with Crippen LogP contribution in [0.15, 0.2) is 24.4 Å². The van der Waals surface area contributed by atoms with E-state index in [1.54, 1.807) is 18.3 Å². The molecular formula is C29H33F2N5O2. The Bertz CT molecular complexity index is 1390. The summed E-state index contributed by atoms with van der Waals surface area (Å²) in [6.45, 7) is 5.20. The summed E-state index contributed by atoms with van der Waals surface area (Å²) >= 11 is 0. The number of piperidine rings is 1. The van der Waals surface area contributed by atoms with Gasteiger partial charge in [-0.2, -0.15) is 9.97 Å². The van der Waals surface area contributed by atoms with E-state index in [1.807, 2.05) is 6.92 Å². The Hall–Kier alpha value is -3.07. The van der Waals surface area contributed by atoms with Gasteiger partial charge >= 0.3 is 6.01 Å². The fourth-order valence-electron chi connectivity index (χ4n) is 7.41. The molecule has 38 heavy (non-hydrogen) atoms. The number of hydrogen-bond donors (Lipinski definition) is 1. The van der Waals surface area contributed by atoms with Crippen LogP contribution in [0.5, 0.6) is 11.8 Å². The predicted molar refractivity (Wildman–Crippen MR) is 141 cm³/mol.